The Balaban J connectivity index is 2.16. The van der Waals surface area contributed by atoms with Crippen molar-refractivity contribution in [3.8, 4) is 0 Å². The van der Waals surface area contributed by atoms with Crippen LogP contribution in [-0.4, -0.2) is 44.3 Å². The third-order valence-electron chi connectivity index (χ3n) is 3.13. The van der Waals surface area contributed by atoms with E-state index in [1.54, 1.807) is 0 Å². The molecule has 1 aliphatic heterocycles. The summed E-state index contributed by atoms with van der Waals surface area (Å²) in [5.74, 6) is 0. The number of ether oxygens (including phenoxy) is 1. The van der Waals surface area contributed by atoms with Gasteiger partial charge in [-0.05, 0) is 12.8 Å². The minimum absolute atomic E-state index is 0.00458. The lowest BCUT2D eigenvalue weighted by molar-refractivity contribution is 0.161. The summed E-state index contributed by atoms with van der Waals surface area (Å²) in [6, 6.07) is 0. The minimum Gasteiger partial charge on any atom is -0.393 e. The lowest BCUT2D eigenvalue weighted by atomic mass is 9.80. The van der Waals surface area contributed by atoms with Crippen LogP contribution >= 0.6 is 31.9 Å². The first kappa shape index (κ1) is 10.4. The van der Waals surface area contributed by atoms with E-state index >= 15 is 0 Å². The van der Waals surface area contributed by atoms with Crippen LogP contribution < -0.4 is 0 Å². The molecule has 13 heavy (non-hydrogen) atoms. The van der Waals surface area contributed by atoms with Crippen LogP contribution in [0, 0.1) is 0 Å². The van der Waals surface area contributed by atoms with Gasteiger partial charge < -0.3 is 14.9 Å². The van der Waals surface area contributed by atoms with Crippen molar-refractivity contribution >= 4 is 31.9 Å². The van der Waals surface area contributed by atoms with Crippen LogP contribution in [0.4, 0.5) is 0 Å². The SMILES string of the molecule is OCC12CC(Br)C(Br)CC1(CO)O2. The van der Waals surface area contributed by atoms with Crippen molar-refractivity contribution in [2.75, 3.05) is 13.2 Å². The van der Waals surface area contributed by atoms with Crippen LogP contribution in [0.5, 0.6) is 0 Å². The summed E-state index contributed by atoms with van der Waals surface area (Å²) in [6.45, 7) is -0.00917. The Hall–Kier alpha value is 0.840. The molecule has 2 N–H and O–H groups in total. The third kappa shape index (κ3) is 1.32. The van der Waals surface area contributed by atoms with Crippen molar-refractivity contribution < 1.29 is 14.9 Å². The van der Waals surface area contributed by atoms with E-state index in [4.69, 9.17) is 4.74 Å². The van der Waals surface area contributed by atoms with Crippen molar-refractivity contribution in [1.29, 1.82) is 0 Å². The number of halogens is 2. The second-order valence-electron chi connectivity index (χ2n) is 3.85. The van der Waals surface area contributed by atoms with Crippen LogP contribution in [0.1, 0.15) is 12.8 Å². The van der Waals surface area contributed by atoms with Gasteiger partial charge in [-0.3, -0.25) is 0 Å². The Bertz CT molecular complexity index is 203. The zero-order valence-corrected chi connectivity index (χ0v) is 10.2. The molecular formula is C8H12Br2O3. The molecule has 0 aromatic carbocycles. The van der Waals surface area contributed by atoms with E-state index in [2.05, 4.69) is 31.9 Å². The predicted octanol–water partition coefficient (Wildman–Crippen LogP) is 0.800. The molecule has 2 aliphatic rings. The van der Waals surface area contributed by atoms with Gasteiger partial charge in [0.15, 0.2) is 0 Å². The number of aliphatic hydroxyl groups excluding tert-OH is 2. The molecule has 0 spiro atoms. The minimum atomic E-state index is -0.486. The molecule has 4 unspecified atom stereocenters. The second kappa shape index (κ2) is 3.17. The summed E-state index contributed by atoms with van der Waals surface area (Å²) < 4.78 is 5.53. The topological polar surface area (TPSA) is 53.0 Å². The van der Waals surface area contributed by atoms with Crippen LogP contribution in [-0.2, 0) is 4.74 Å². The first-order chi connectivity index (χ1) is 6.09. The Morgan fingerprint density at radius 2 is 1.46 bits per heavy atom. The van der Waals surface area contributed by atoms with E-state index in [1.165, 1.54) is 0 Å². The molecule has 4 atom stereocenters. The molecule has 0 aromatic heterocycles. The van der Waals surface area contributed by atoms with Crippen LogP contribution in [0.3, 0.4) is 0 Å². The fourth-order valence-corrected chi connectivity index (χ4v) is 3.59. The second-order valence-corrected chi connectivity index (χ2v) is 6.20. The molecule has 0 amide bonds. The first-order valence-corrected chi connectivity index (χ1v) is 6.12. The van der Waals surface area contributed by atoms with Gasteiger partial charge in [-0.2, -0.15) is 0 Å². The first-order valence-electron chi connectivity index (χ1n) is 4.29. The molecule has 0 aromatic rings. The van der Waals surface area contributed by atoms with E-state index in [1.807, 2.05) is 0 Å². The number of hydrogen-bond acceptors (Lipinski definition) is 3. The molecule has 0 bridgehead atoms. The number of aliphatic hydroxyl groups is 2. The summed E-state index contributed by atoms with van der Waals surface area (Å²) >= 11 is 7.06. The molecule has 3 nitrogen and oxygen atoms in total. The van der Waals surface area contributed by atoms with Crippen LogP contribution in [0.15, 0.2) is 0 Å². The quantitative estimate of drug-likeness (QED) is 0.585. The highest BCUT2D eigenvalue weighted by Gasteiger charge is 2.72. The van der Waals surface area contributed by atoms with Gasteiger partial charge in [-0.1, -0.05) is 31.9 Å². The van der Waals surface area contributed by atoms with Gasteiger partial charge >= 0.3 is 0 Å². The number of hydrogen-bond donors (Lipinski definition) is 2. The molecule has 76 valence electrons. The monoisotopic (exact) mass is 314 g/mol. The Morgan fingerprint density at radius 3 is 1.77 bits per heavy atom. The molecule has 5 heteroatoms. The largest absolute Gasteiger partial charge is 0.393 e. The van der Waals surface area contributed by atoms with Gasteiger partial charge in [0, 0.05) is 9.65 Å². The molecule has 2 fully saturated rings. The summed E-state index contributed by atoms with van der Waals surface area (Å²) in [5.41, 5.74) is -0.972. The number of epoxide rings is 1. The zero-order valence-electron chi connectivity index (χ0n) is 7.04. The molecule has 1 heterocycles. The van der Waals surface area contributed by atoms with Gasteiger partial charge in [0.2, 0.25) is 0 Å². The molecule has 1 aliphatic carbocycles. The predicted molar refractivity (Wildman–Crippen MR) is 55.4 cm³/mol. The normalized spacial score (nSPS) is 54.5. The average molecular weight is 316 g/mol. The maximum atomic E-state index is 9.22. The molecule has 1 saturated carbocycles. The van der Waals surface area contributed by atoms with Crippen molar-refractivity contribution in [2.45, 2.75) is 33.7 Å². The molecule has 1 saturated heterocycles. The highest BCUT2D eigenvalue weighted by Crippen LogP contribution is 2.59. The van der Waals surface area contributed by atoms with Crippen molar-refractivity contribution in [3.63, 3.8) is 0 Å². The van der Waals surface area contributed by atoms with Gasteiger partial charge in [-0.25, -0.2) is 0 Å². The number of rotatable bonds is 2. The summed E-state index contributed by atoms with van der Waals surface area (Å²) in [5, 5.41) is 18.4. The highest BCUT2D eigenvalue weighted by molar-refractivity contribution is 9.12. The van der Waals surface area contributed by atoms with Gasteiger partial charge in [0.1, 0.15) is 11.2 Å². The molecular weight excluding hydrogens is 304 g/mol. The summed E-state index contributed by atoms with van der Waals surface area (Å²) in [6.07, 6.45) is 1.50. The lowest BCUT2D eigenvalue weighted by Crippen LogP contribution is -2.44. The molecule has 0 radical (unpaired) electrons. The van der Waals surface area contributed by atoms with Crippen molar-refractivity contribution in [2.24, 2.45) is 0 Å². The fourth-order valence-electron chi connectivity index (χ4n) is 2.17. The average Bonchev–Trinajstić information content (AvgIpc) is 2.75. The van der Waals surface area contributed by atoms with E-state index in [-0.39, 0.29) is 13.2 Å². The number of fused-ring (bicyclic) bond motifs is 1. The van der Waals surface area contributed by atoms with Crippen LogP contribution in [0.25, 0.3) is 0 Å². The zero-order chi connectivity index (χ0) is 9.69. The van der Waals surface area contributed by atoms with Crippen LogP contribution in [0.2, 0.25) is 0 Å². The standard InChI is InChI=1S/C8H12Br2O3/c9-5-1-7(3-11)8(4-12,13-7)2-6(5)10/h5-6,11-12H,1-4H2. The Kier molecular flexibility index (Phi) is 2.52. The van der Waals surface area contributed by atoms with E-state index < -0.39 is 11.2 Å². The summed E-state index contributed by atoms with van der Waals surface area (Å²) in [7, 11) is 0. The maximum Gasteiger partial charge on any atom is 0.124 e. The summed E-state index contributed by atoms with van der Waals surface area (Å²) in [4.78, 5) is 0.614. The van der Waals surface area contributed by atoms with E-state index in [0.717, 1.165) is 12.8 Å². The van der Waals surface area contributed by atoms with Crippen molar-refractivity contribution in [1.82, 2.24) is 0 Å². The maximum absolute atomic E-state index is 9.22. The van der Waals surface area contributed by atoms with Gasteiger partial charge in [0.05, 0.1) is 13.2 Å². The van der Waals surface area contributed by atoms with Gasteiger partial charge in [0.25, 0.3) is 0 Å². The highest BCUT2D eigenvalue weighted by atomic mass is 79.9. The van der Waals surface area contributed by atoms with E-state index in [0.29, 0.717) is 9.65 Å². The van der Waals surface area contributed by atoms with Crippen molar-refractivity contribution in [3.05, 3.63) is 0 Å². The third-order valence-corrected chi connectivity index (χ3v) is 5.77. The Morgan fingerprint density at radius 1 is 1.08 bits per heavy atom. The van der Waals surface area contributed by atoms with E-state index in [9.17, 15) is 10.2 Å². The van der Waals surface area contributed by atoms with Gasteiger partial charge in [-0.15, -0.1) is 0 Å². The smallest absolute Gasteiger partial charge is 0.124 e. The Labute approximate surface area is 93.7 Å². The lowest BCUT2D eigenvalue weighted by Gasteiger charge is -2.29. The fraction of sp³-hybridized carbons (Fsp3) is 1.00. The molecule has 2 rings (SSSR count). The number of alkyl halides is 2.